The smallest absolute Gasteiger partial charge is 0.191 e. The van der Waals surface area contributed by atoms with Crippen LogP contribution < -0.4 is 15.4 Å². The Bertz CT molecular complexity index is 436. The van der Waals surface area contributed by atoms with Crippen molar-refractivity contribution in [2.75, 3.05) is 33.4 Å². The van der Waals surface area contributed by atoms with Crippen molar-refractivity contribution in [2.45, 2.75) is 33.2 Å². The number of hydrogen-bond acceptors (Lipinski definition) is 3. The van der Waals surface area contributed by atoms with Crippen LogP contribution in [0.4, 0.5) is 0 Å². The minimum Gasteiger partial charge on any atom is -0.494 e. The SMILES string of the molecule is CCCCOc1cccc(CNC(=NC)NCCOCC)c1. The summed E-state index contributed by atoms with van der Waals surface area (Å²) < 4.78 is 11.0. The van der Waals surface area contributed by atoms with E-state index in [1.165, 1.54) is 5.56 Å². The van der Waals surface area contributed by atoms with Gasteiger partial charge in [-0.1, -0.05) is 25.5 Å². The highest BCUT2D eigenvalue weighted by Crippen LogP contribution is 2.13. The largest absolute Gasteiger partial charge is 0.494 e. The fraction of sp³-hybridized carbons (Fsp3) is 0.588. The Hall–Kier alpha value is -1.75. The van der Waals surface area contributed by atoms with Gasteiger partial charge in [-0.15, -0.1) is 0 Å². The van der Waals surface area contributed by atoms with Crippen molar-refractivity contribution in [3.05, 3.63) is 29.8 Å². The second-order valence-corrected chi connectivity index (χ2v) is 4.90. The van der Waals surface area contributed by atoms with E-state index in [0.29, 0.717) is 13.2 Å². The molecule has 0 fully saturated rings. The van der Waals surface area contributed by atoms with Gasteiger partial charge in [0.1, 0.15) is 5.75 Å². The normalized spacial score (nSPS) is 11.3. The highest BCUT2D eigenvalue weighted by atomic mass is 16.5. The molecule has 0 radical (unpaired) electrons. The summed E-state index contributed by atoms with van der Waals surface area (Å²) in [5, 5.41) is 6.50. The predicted octanol–water partition coefficient (Wildman–Crippen LogP) is 2.57. The van der Waals surface area contributed by atoms with Gasteiger partial charge in [0, 0.05) is 26.7 Å². The molecule has 0 aliphatic rings. The van der Waals surface area contributed by atoms with E-state index < -0.39 is 0 Å². The molecule has 5 nitrogen and oxygen atoms in total. The van der Waals surface area contributed by atoms with Crippen LogP contribution in [0.3, 0.4) is 0 Å². The third kappa shape index (κ3) is 7.88. The number of nitrogens with zero attached hydrogens (tertiary/aromatic N) is 1. The molecule has 22 heavy (non-hydrogen) atoms. The van der Waals surface area contributed by atoms with Gasteiger partial charge in [0.25, 0.3) is 0 Å². The number of nitrogens with one attached hydrogen (secondary N) is 2. The van der Waals surface area contributed by atoms with Crippen LogP contribution in [0.25, 0.3) is 0 Å². The lowest BCUT2D eigenvalue weighted by Crippen LogP contribution is -2.38. The molecule has 0 amide bonds. The molecule has 2 N–H and O–H groups in total. The molecule has 0 unspecified atom stereocenters. The number of benzene rings is 1. The quantitative estimate of drug-likeness (QED) is 0.396. The Labute approximate surface area is 134 Å². The maximum atomic E-state index is 5.72. The lowest BCUT2D eigenvalue weighted by atomic mass is 10.2. The summed E-state index contributed by atoms with van der Waals surface area (Å²) in [6.45, 7) is 7.79. The van der Waals surface area contributed by atoms with Crippen LogP contribution in [0, 0.1) is 0 Å². The van der Waals surface area contributed by atoms with E-state index in [1.807, 2.05) is 19.1 Å². The highest BCUT2D eigenvalue weighted by Gasteiger charge is 2.00. The molecule has 1 rings (SSSR count). The van der Waals surface area contributed by atoms with Crippen LogP contribution in [-0.4, -0.2) is 39.4 Å². The van der Waals surface area contributed by atoms with Gasteiger partial charge in [-0.05, 0) is 31.0 Å². The lowest BCUT2D eigenvalue weighted by Gasteiger charge is -2.12. The van der Waals surface area contributed by atoms with Crippen molar-refractivity contribution in [3.63, 3.8) is 0 Å². The fourth-order valence-corrected chi connectivity index (χ4v) is 1.87. The molecule has 0 saturated carbocycles. The lowest BCUT2D eigenvalue weighted by molar-refractivity contribution is 0.152. The maximum Gasteiger partial charge on any atom is 0.191 e. The van der Waals surface area contributed by atoms with Gasteiger partial charge in [0.05, 0.1) is 13.2 Å². The van der Waals surface area contributed by atoms with Gasteiger partial charge in [-0.2, -0.15) is 0 Å². The molecule has 124 valence electrons. The molecule has 5 heteroatoms. The first-order valence-corrected chi connectivity index (χ1v) is 8.04. The zero-order valence-corrected chi connectivity index (χ0v) is 14.0. The van der Waals surface area contributed by atoms with E-state index in [-0.39, 0.29) is 0 Å². The third-order valence-electron chi connectivity index (χ3n) is 3.09. The second kappa shape index (κ2) is 11.9. The fourth-order valence-electron chi connectivity index (χ4n) is 1.87. The monoisotopic (exact) mass is 307 g/mol. The van der Waals surface area contributed by atoms with E-state index in [4.69, 9.17) is 9.47 Å². The van der Waals surface area contributed by atoms with Crippen LogP contribution in [0.15, 0.2) is 29.3 Å². The standard InChI is InChI=1S/C17H29N3O2/c1-4-6-11-22-16-9-7-8-15(13-16)14-20-17(18-3)19-10-12-21-5-2/h7-9,13H,4-6,10-12,14H2,1-3H3,(H2,18,19,20). The van der Waals surface area contributed by atoms with Gasteiger partial charge < -0.3 is 20.1 Å². The van der Waals surface area contributed by atoms with E-state index in [9.17, 15) is 0 Å². The van der Waals surface area contributed by atoms with Crippen molar-refractivity contribution < 1.29 is 9.47 Å². The minimum atomic E-state index is 0.679. The number of ether oxygens (including phenoxy) is 2. The van der Waals surface area contributed by atoms with Crippen molar-refractivity contribution in [1.82, 2.24) is 10.6 Å². The summed E-state index contributed by atoms with van der Waals surface area (Å²) in [6, 6.07) is 8.15. The summed E-state index contributed by atoms with van der Waals surface area (Å²) >= 11 is 0. The molecule has 0 aromatic heterocycles. The summed E-state index contributed by atoms with van der Waals surface area (Å²) in [6.07, 6.45) is 2.23. The first-order chi connectivity index (χ1) is 10.8. The van der Waals surface area contributed by atoms with Gasteiger partial charge in [0.15, 0.2) is 5.96 Å². The molecule has 0 bridgehead atoms. The van der Waals surface area contributed by atoms with Crippen molar-refractivity contribution in [1.29, 1.82) is 0 Å². The molecule has 0 saturated heterocycles. The van der Waals surface area contributed by atoms with Gasteiger partial charge in [-0.3, -0.25) is 4.99 Å². The Morgan fingerprint density at radius 3 is 2.77 bits per heavy atom. The third-order valence-corrected chi connectivity index (χ3v) is 3.09. The molecular formula is C17H29N3O2. The molecule has 0 heterocycles. The summed E-state index contributed by atoms with van der Waals surface area (Å²) in [7, 11) is 1.76. The molecular weight excluding hydrogens is 278 g/mol. The average molecular weight is 307 g/mol. The van der Waals surface area contributed by atoms with E-state index in [0.717, 1.165) is 44.3 Å². The van der Waals surface area contributed by atoms with Crippen LogP contribution in [0.5, 0.6) is 5.75 Å². The highest BCUT2D eigenvalue weighted by molar-refractivity contribution is 5.79. The minimum absolute atomic E-state index is 0.679. The predicted molar refractivity (Wildman–Crippen MR) is 91.5 cm³/mol. The maximum absolute atomic E-state index is 5.72. The molecule has 0 spiro atoms. The Balaban J connectivity index is 2.37. The molecule has 0 aliphatic carbocycles. The Kier molecular flexibility index (Phi) is 9.87. The number of aliphatic imine (C=N–C) groups is 1. The van der Waals surface area contributed by atoms with Crippen molar-refractivity contribution in [3.8, 4) is 5.75 Å². The summed E-state index contributed by atoms with van der Waals surface area (Å²) in [5.41, 5.74) is 1.17. The van der Waals surface area contributed by atoms with Crippen molar-refractivity contribution in [2.24, 2.45) is 4.99 Å². The molecule has 1 aromatic rings. The number of guanidine groups is 1. The van der Waals surface area contributed by atoms with E-state index in [1.54, 1.807) is 7.05 Å². The Morgan fingerprint density at radius 1 is 1.18 bits per heavy atom. The van der Waals surface area contributed by atoms with Crippen LogP contribution >= 0.6 is 0 Å². The molecule has 0 aliphatic heterocycles. The average Bonchev–Trinajstić information content (AvgIpc) is 2.55. The number of unbranched alkanes of at least 4 members (excludes halogenated alkanes) is 1. The topological polar surface area (TPSA) is 54.9 Å². The van der Waals surface area contributed by atoms with Gasteiger partial charge >= 0.3 is 0 Å². The van der Waals surface area contributed by atoms with Gasteiger partial charge in [0.2, 0.25) is 0 Å². The zero-order chi connectivity index (χ0) is 16.0. The molecule has 0 atom stereocenters. The van der Waals surface area contributed by atoms with E-state index in [2.05, 4.69) is 34.7 Å². The van der Waals surface area contributed by atoms with Crippen LogP contribution in [0.1, 0.15) is 32.3 Å². The first-order valence-electron chi connectivity index (χ1n) is 8.04. The van der Waals surface area contributed by atoms with Crippen molar-refractivity contribution >= 4 is 5.96 Å². The van der Waals surface area contributed by atoms with E-state index >= 15 is 0 Å². The summed E-state index contributed by atoms with van der Waals surface area (Å²) in [4.78, 5) is 4.19. The number of rotatable bonds is 10. The molecule has 1 aromatic carbocycles. The first kappa shape index (κ1) is 18.3. The zero-order valence-electron chi connectivity index (χ0n) is 14.0. The summed E-state index contributed by atoms with van der Waals surface area (Å²) in [5.74, 6) is 1.70. The Morgan fingerprint density at radius 2 is 2.05 bits per heavy atom. The second-order valence-electron chi connectivity index (χ2n) is 4.90. The van der Waals surface area contributed by atoms with Crippen LogP contribution in [-0.2, 0) is 11.3 Å². The van der Waals surface area contributed by atoms with Crippen LogP contribution in [0.2, 0.25) is 0 Å². The van der Waals surface area contributed by atoms with Gasteiger partial charge in [-0.25, -0.2) is 0 Å². The number of hydrogen-bond donors (Lipinski definition) is 2.